The average molecular weight is 249 g/mol. The monoisotopic (exact) mass is 249 g/mol. The molecule has 0 amide bonds. The standard InChI is InChI=1S/C14H23N3O/c1-15-13-5-4-12(10-14(13)16-2)18-11-6-8-17(3)9-7-11/h4-5,10-11,15-16H,6-9H2,1-3H3. The Bertz CT molecular complexity index is 387. The van der Waals surface area contributed by atoms with Crippen LogP contribution >= 0.6 is 0 Å². The van der Waals surface area contributed by atoms with Crippen LogP contribution in [0.5, 0.6) is 5.75 Å². The van der Waals surface area contributed by atoms with E-state index in [0.717, 1.165) is 43.1 Å². The maximum Gasteiger partial charge on any atom is 0.121 e. The van der Waals surface area contributed by atoms with E-state index in [4.69, 9.17) is 4.74 Å². The van der Waals surface area contributed by atoms with Crippen molar-refractivity contribution < 1.29 is 4.74 Å². The molecule has 0 aromatic heterocycles. The van der Waals surface area contributed by atoms with Gasteiger partial charge >= 0.3 is 0 Å². The molecule has 0 atom stereocenters. The molecule has 1 fully saturated rings. The van der Waals surface area contributed by atoms with Crippen LogP contribution in [0.4, 0.5) is 11.4 Å². The van der Waals surface area contributed by atoms with E-state index in [2.05, 4.69) is 34.7 Å². The highest BCUT2D eigenvalue weighted by Gasteiger charge is 2.18. The molecule has 0 unspecified atom stereocenters. The smallest absolute Gasteiger partial charge is 0.121 e. The van der Waals surface area contributed by atoms with E-state index in [-0.39, 0.29) is 0 Å². The third-order valence-electron chi connectivity index (χ3n) is 3.50. The van der Waals surface area contributed by atoms with Gasteiger partial charge in [-0.15, -0.1) is 0 Å². The lowest BCUT2D eigenvalue weighted by Gasteiger charge is -2.29. The molecule has 4 nitrogen and oxygen atoms in total. The lowest BCUT2D eigenvalue weighted by Crippen LogP contribution is -2.35. The number of hydrogen-bond donors (Lipinski definition) is 2. The fourth-order valence-corrected chi connectivity index (χ4v) is 2.32. The Hall–Kier alpha value is -1.42. The highest BCUT2D eigenvalue weighted by atomic mass is 16.5. The summed E-state index contributed by atoms with van der Waals surface area (Å²) in [5.41, 5.74) is 2.16. The molecular formula is C14H23N3O. The maximum absolute atomic E-state index is 6.05. The van der Waals surface area contributed by atoms with Crippen molar-refractivity contribution >= 4 is 11.4 Å². The summed E-state index contributed by atoms with van der Waals surface area (Å²) in [6, 6.07) is 6.14. The van der Waals surface area contributed by atoms with E-state index in [0.29, 0.717) is 6.10 Å². The van der Waals surface area contributed by atoms with Crippen molar-refractivity contribution in [3.63, 3.8) is 0 Å². The number of benzene rings is 1. The highest BCUT2D eigenvalue weighted by molar-refractivity contribution is 5.70. The molecule has 1 saturated heterocycles. The van der Waals surface area contributed by atoms with Crippen molar-refractivity contribution in [1.82, 2.24) is 4.90 Å². The molecule has 1 aromatic rings. The Labute approximate surface area is 109 Å². The number of nitrogens with one attached hydrogen (secondary N) is 2. The summed E-state index contributed by atoms with van der Waals surface area (Å²) in [6.45, 7) is 2.25. The molecule has 18 heavy (non-hydrogen) atoms. The molecule has 4 heteroatoms. The summed E-state index contributed by atoms with van der Waals surface area (Å²) < 4.78 is 6.05. The van der Waals surface area contributed by atoms with Gasteiger partial charge in [-0.05, 0) is 32.0 Å². The number of piperidine rings is 1. The quantitative estimate of drug-likeness (QED) is 0.858. The minimum absolute atomic E-state index is 0.353. The van der Waals surface area contributed by atoms with Crippen LogP contribution in [0, 0.1) is 0 Å². The van der Waals surface area contributed by atoms with Gasteiger partial charge in [0.05, 0.1) is 11.4 Å². The summed E-state index contributed by atoms with van der Waals surface area (Å²) in [4.78, 5) is 2.35. The van der Waals surface area contributed by atoms with Crippen LogP contribution in [0.25, 0.3) is 0 Å². The normalized spacial score (nSPS) is 17.5. The second-order valence-corrected chi connectivity index (χ2v) is 4.83. The zero-order valence-corrected chi connectivity index (χ0v) is 11.5. The first-order valence-electron chi connectivity index (χ1n) is 6.57. The molecule has 2 N–H and O–H groups in total. The molecule has 1 aromatic carbocycles. The Morgan fingerprint density at radius 2 is 1.78 bits per heavy atom. The van der Waals surface area contributed by atoms with Crippen molar-refractivity contribution in [2.45, 2.75) is 18.9 Å². The van der Waals surface area contributed by atoms with Gasteiger partial charge in [-0.3, -0.25) is 0 Å². The first-order chi connectivity index (χ1) is 8.72. The van der Waals surface area contributed by atoms with Gasteiger partial charge in [0.2, 0.25) is 0 Å². The predicted octanol–water partition coefficient (Wildman–Crippen LogP) is 2.24. The van der Waals surface area contributed by atoms with Crippen molar-refractivity contribution in [1.29, 1.82) is 0 Å². The lowest BCUT2D eigenvalue weighted by molar-refractivity contribution is 0.114. The lowest BCUT2D eigenvalue weighted by atomic mass is 10.1. The van der Waals surface area contributed by atoms with Crippen molar-refractivity contribution in [3.8, 4) is 5.75 Å². The Kier molecular flexibility index (Phi) is 4.31. The molecule has 1 heterocycles. The zero-order valence-electron chi connectivity index (χ0n) is 11.5. The zero-order chi connectivity index (χ0) is 13.0. The minimum Gasteiger partial charge on any atom is -0.490 e. The summed E-state index contributed by atoms with van der Waals surface area (Å²) in [7, 11) is 6.01. The number of anilines is 2. The van der Waals surface area contributed by atoms with E-state index < -0.39 is 0 Å². The molecular weight excluding hydrogens is 226 g/mol. The number of ether oxygens (including phenoxy) is 1. The first-order valence-corrected chi connectivity index (χ1v) is 6.57. The molecule has 1 aliphatic rings. The number of likely N-dealkylation sites (tertiary alicyclic amines) is 1. The first kappa shape index (κ1) is 13.0. The topological polar surface area (TPSA) is 36.5 Å². The summed E-state index contributed by atoms with van der Waals surface area (Å²) >= 11 is 0. The van der Waals surface area contributed by atoms with Crippen LogP contribution in [0.1, 0.15) is 12.8 Å². The van der Waals surface area contributed by atoms with E-state index >= 15 is 0 Å². The largest absolute Gasteiger partial charge is 0.490 e. The average Bonchev–Trinajstić information content (AvgIpc) is 2.41. The van der Waals surface area contributed by atoms with Crippen LogP contribution < -0.4 is 15.4 Å². The molecule has 0 bridgehead atoms. The third-order valence-corrected chi connectivity index (χ3v) is 3.50. The molecule has 100 valence electrons. The number of rotatable bonds is 4. The second kappa shape index (κ2) is 5.96. The second-order valence-electron chi connectivity index (χ2n) is 4.83. The number of hydrogen-bond acceptors (Lipinski definition) is 4. The van der Waals surface area contributed by atoms with Crippen LogP contribution in [0.2, 0.25) is 0 Å². The summed E-state index contributed by atoms with van der Waals surface area (Å²) in [5, 5.41) is 6.34. The summed E-state index contributed by atoms with van der Waals surface area (Å²) in [6.07, 6.45) is 2.57. The van der Waals surface area contributed by atoms with Crippen LogP contribution in [-0.2, 0) is 0 Å². The van der Waals surface area contributed by atoms with Gasteiger partial charge < -0.3 is 20.3 Å². The maximum atomic E-state index is 6.05. The van der Waals surface area contributed by atoms with Gasteiger partial charge in [0.15, 0.2) is 0 Å². The Balaban J connectivity index is 2.01. The van der Waals surface area contributed by atoms with Gasteiger partial charge in [0, 0.05) is 33.3 Å². The van der Waals surface area contributed by atoms with Crippen LogP contribution in [-0.4, -0.2) is 45.2 Å². The fraction of sp³-hybridized carbons (Fsp3) is 0.571. The van der Waals surface area contributed by atoms with E-state index in [9.17, 15) is 0 Å². The van der Waals surface area contributed by atoms with E-state index in [1.807, 2.05) is 20.2 Å². The molecule has 0 spiro atoms. The van der Waals surface area contributed by atoms with Gasteiger partial charge in [-0.2, -0.15) is 0 Å². The highest BCUT2D eigenvalue weighted by Crippen LogP contribution is 2.28. The fourth-order valence-electron chi connectivity index (χ4n) is 2.32. The van der Waals surface area contributed by atoms with Gasteiger partial charge in [0.1, 0.15) is 11.9 Å². The third kappa shape index (κ3) is 3.07. The van der Waals surface area contributed by atoms with Gasteiger partial charge in [0.25, 0.3) is 0 Å². The molecule has 2 rings (SSSR count). The minimum atomic E-state index is 0.353. The molecule has 0 saturated carbocycles. The number of nitrogens with zero attached hydrogens (tertiary/aromatic N) is 1. The molecule has 0 aliphatic carbocycles. The molecule has 1 aliphatic heterocycles. The van der Waals surface area contributed by atoms with Crippen LogP contribution in [0.15, 0.2) is 18.2 Å². The molecule has 0 radical (unpaired) electrons. The Morgan fingerprint density at radius 3 is 2.39 bits per heavy atom. The van der Waals surface area contributed by atoms with E-state index in [1.165, 1.54) is 0 Å². The summed E-state index contributed by atoms with van der Waals surface area (Å²) in [5.74, 6) is 0.952. The van der Waals surface area contributed by atoms with Gasteiger partial charge in [-0.25, -0.2) is 0 Å². The Morgan fingerprint density at radius 1 is 1.11 bits per heavy atom. The van der Waals surface area contributed by atoms with Crippen molar-refractivity contribution in [2.75, 3.05) is 44.9 Å². The van der Waals surface area contributed by atoms with Gasteiger partial charge in [-0.1, -0.05) is 0 Å². The van der Waals surface area contributed by atoms with E-state index in [1.54, 1.807) is 0 Å². The van der Waals surface area contributed by atoms with Crippen molar-refractivity contribution in [3.05, 3.63) is 18.2 Å². The predicted molar refractivity (Wildman–Crippen MR) is 76.7 cm³/mol. The SMILES string of the molecule is CNc1ccc(OC2CCN(C)CC2)cc1NC. The van der Waals surface area contributed by atoms with Crippen LogP contribution in [0.3, 0.4) is 0 Å². The van der Waals surface area contributed by atoms with Crippen molar-refractivity contribution in [2.24, 2.45) is 0 Å².